The third-order valence-electron chi connectivity index (χ3n) is 1.67. The molecule has 15 heavy (non-hydrogen) atoms. The molecule has 0 radical (unpaired) electrons. The molecule has 0 aliphatic carbocycles. The third-order valence-corrected chi connectivity index (χ3v) is 2.98. The quantitative estimate of drug-likeness (QED) is 0.384. The third kappa shape index (κ3) is 7.31. The molecule has 0 bridgehead atoms. The second-order valence-corrected chi connectivity index (χ2v) is 5.19. The fraction of sp³-hybridized carbons (Fsp3) is 0.667. The molecular formula is C9H17O5P. The molecule has 0 amide bonds. The normalized spacial score (nSPS) is 16.5. The highest BCUT2D eigenvalue weighted by molar-refractivity contribution is 7.52. The maximum atomic E-state index is 11.3. The Labute approximate surface area is 89.9 Å². The number of esters is 1. The van der Waals surface area contributed by atoms with Gasteiger partial charge >= 0.3 is 13.6 Å². The maximum absolute atomic E-state index is 11.3. The van der Waals surface area contributed by atoms with Gasteiger partial charge in [-0.25, -0.2) is 4.79 Å². The van der Waals surface area contributed by atoms with Gasteiger partial charge < -0.3 is 13.8 Å². The van der Waals surface area contributed by atoms with E-state index < -0.39 is 13.6 Å². The first kappa shape index (κ1) is 14.4. The first-order chi connectivity index (χ1) is 6.91. The van der Waals surface area contributed by atoms with Crippen molar-refractivity contribution >= 4 is 13.6 Å². The average molecular weight is 236 g/mol. The zero-order valence-electron chi connectivity index (χ0n) is 9.26. The van der Waals surface area contributed by atoms with E-state index in [2.05, 4.69) is 11.1 Å². The van der Waals surface area contributed by atoms with Gasteiger partial charge in [0.05, 0.1) is 6.61 Å². The standard InChI is InChI=1S/C9H17O5P/c1-5-9(10)14-8(2)6-7-13-15(4,11)12-3/h5,8H,1,6-7H2,2-4H3. The number of rotatable bonds is 7. The van der Waals surface area contributed by atoms with Crippen molar-refractivity contribution in [1.29, 1.82) is 0 Å². The lowest BCUT2D eigenvalue weighted by atomic mass is 10.3. The summed E-state index contributed by atoms with van der Waals surface area (Å²) >= 11 is 0. The van der Waals surface area contributed by atoms with E-state index in [9.17, 15) is 9.36 Å². The Hall–Kier alpha value is -0.640. The zero-order valence-corrected chi connectivity index (χ0v) is 10.2. The number of carbonyl (C=O) groups excluding carboxylic acids is 1. The van der Waals surface area contributed by atoms with Crippen molar-refractivity contribution in [3.8, 4) is 0 Å². The molecule has 0 fully saturated rings. The number of hydrogen-bond donors (Lipinski definition) is 0. The van der Waals surface area contributed by atoms with Crippen LogP contribution in [0.1, 0.15) is 13.3 Å². The molecule has 2 unspecified atom stereocenters. The van der Waals surface area contributed by atoms with Crippen LogP contribution in [0.4, 0.5) is 0 Å². The molecule has 0 saturated carbocycles. The fourth-order valence-electron chi connectivity index (χ4n) is 0.743. The zero-order chi connectivity index (χ0) is 11.9. The SMILES string of the molecule is C=CC(=O)OC(C)CCOP(C)(=O)OC. The molecule has 0 spiro atoms. The molecule has 2 atom stereocenters. The van der Waals surface area contributed by atoms with Crippen LogP contribution < -0.4 is 0 Å². The molecule has 0 aliphatic rings. The van der Waals surface area contributed by atoms with Gasteiger partial charge in [-0.1, -0.05) is 6.58 Å². The lowest BCUT2D eigenvalue weighted by Crippen LogP contribution is -2.14. The Morgan fingerprint density at radius 1 is 1.60 bits per heavy atom. The van der Waals surface area contributed by atoms with Crippen molar-refractivity contribution in [2.75, 3.05) is 20.4 Å². The summed E-state index contributed by atoms with van der Waals surface area (Å²) < 4.78 is 25.8. The van der Waals surface area contributed by atoms with E-state index in [-0.39, 0.29) is 12.7 Å². The van der Waals surface area contributed by atoms with Crippen LogP contribution in [0.15, 0.2) is 12.7 Å². The average Bonchev–Trinajstić information content (AvgIpc) is 2.17. The predicted octanol–water partition coefficient (Wildman–Crippen LogP) is 1.98. The van der Waals surface area contributed by atoms with E-state index in [1.807, 2.05) is 0 Å². The van der Waals surface area contributed by atoms with Crippen LogP contribution in [0.2, 0.25) is 0 Å². The highest BCUT2D eigenvalue weighted by atomic mass is 31.2. The summed E-state index contributed by atoms with van der Waals surface area (Å²) in [5.41, 5.74) is 0. The predicted molar refractivity (Wildman–Crippen MR) is 56.9 cm³/mol. The summed E-state index contributed by atoms with van der Waals surface area (Å²) in [6, 6.07) is 0. The van der Waals surface area contributed by atoms with E-state index >= 15 is 0 Å². The summed E-state index contributed by atoms with van der Waals surface area (Å²) in [4.78, 5) is 10.8. The largest absolute Gasteiger partial charge is 0.459 e. The molecule has 0 N–H and O–H groups in total. The van der Waals surface area contributed by atoms with Gasteiger partial charge in [0.15, 0.2) is 0 Å². The lowest BCUT2D eigenvalue weighted by molar-refractivity contribution is -0.142. The van der Waals surface area contributed by atoms with Gasteiger partial charge in [0.2, 0.25) is 0 Å². The topological polar surface area (TPSA) is 61.8 Å². The van der Waals surface area contributed by atoms with Crippen LogP contribution in [0.3, 0.4) is 0 Å². The molecule has 0 rings (SSSR count). The molecule has 88 valence electrons. The van der Waals surface area contributed by atoms with Crippen molar-refractivity contribution in [3.05, 3.63) is 12.7 Å². The second-order valence-electron chi connectivity index (χ2n) is 3.03. The van der Waals surface area contributed by atoms with Gasteiger partial charge in [0, 0.05) is 26.3 Å². The summed E-state index contributed by atoms with van der Waals surface area (Å²) in [6.45, 7) is 6.59. The van der Waals surface area contributed by atoms with Gasteiger partial charge in [-0.3, -0.25) is 4.57 Å². The Balaban J connectivity index is 3.73. The Morgan fingerprint density at radius 2 is 2.20 bits per heavy atom. The molecule has 0 saturated heterocycles. The van der Waals surface area contributed by atoms with Crippen LogP contribution in [0.5, 0.6) is 0 Å². The summed E-state index contributed by atoms with van der Waals surface area (Å²) in [5, 5.41) is 0. The van der Waals surface area contributed by atoms with Crippen molar-refractivity contribution in [3.63, 3.8) is 0 Å². The minimum atomic E-state index is -2.93. The summed E-state index contributed by atoms with van der Waals surface area (Å²) in [5.74, 6) is -0.478. The fourth-order valence-corrected chi connectivity index (χ4v) is 1.28. The molecule has 5 nitrogen and oxygen atoms in total. The molecule has 6 heteroatoms. The van der Waals surface area contributed by atoms with Crippen molar-refractivity contribution in [2.24, 2.45) is 0 Å². The molecule has 0 heterocycles. The Kier molecular flexibility index (Phi) is 6.48. The number of hydrogen-bond acceptors (Lipinski definition) is 5. The second kappa shape index (κ2) is 6.77. The molecule has 0 aliphatic heterocycles. The van der Waals surface area contributed by atoms with Crippen LogP contribution in [0, 0.1) is 0 Å². The van der Waals surface area contributed by atoms with Gasteiger partial charge in [0.25, 0.3) is 0 Å². The monoisotopic (exact) mass is 236 g/mol. The smallest absolute Gasteiger partial charge is 0.330 e. The summed E-state index contributed by atoms with van der Waals surface area (Å²) in [6.07, 6.45) is 1.25. The molecular weight excluding hydrogens is 219 g/mol. The maximum Gasteiger partial charge on any atom is 0.330 e. The van der Waals surface area contributed by atoms with E-state index in [0.717, 1.165) is 6.08 Å². The highest BCUT2D eigenvalue weighted by Gasteiger charge is 2.15. The minimum Gasteiger partial charge on any atom is -0.459 e. The Morgan fingerprint density at radius 3 is 2.67 bits per heavy atom. The van der Waals surface area contributed by atoms with Crippen molar-refractivity contribution in [1.82, 2.24) is 0 Å². The van der Waals surface area contributed by atoms with E-state index in [1.54, 1.807) is 6.92 Å². The van der Waals surface area contributed by atoms with E-state index in [4.69, 9.17) is 9.26 Å². The molecule has 0 aromatic carbocycles. The Bertz CT molecular complexity index is 263. The highest BCUT2D eigenvalue weighted by Crippen LogP contribution is 2.42. The lowest BCUT2D eigenvalue weighted by Gasteiger charge is -2.14. The summed E-state index contributed by atoms with van der Waals surface area (Å²) in [7, 11) is -1.61. The van der Waals surface area contributed by atoms with Gasteiger partial charge in [0.1, 0.15) is 6.10 Å². The van der Waals surface area contributed by atoms with Crippen LogP contribution in [-0.4, -0.2) is 32.5 Å². The number of ether oxygens (including phenoxy) is 1. The van der Waals surface area contributed by atoms with Gasteiger partial charge in [-0.15, -0.1) is 0 Å². The number of carbonyl (C=O) groups is 1. The van der Waals surface area contributed by atoms with Gasteiger partial charge in [-0.2, -0.15) is 0 Å². The van der Waals surface area contributed by atoms with Crippen molar-refractivity contribution < 1.29 is 23.1 Å². The first-order valence-corrected chi connectivity index (χ1v) is 6.51. The van der Waals surface area contributed by atoms with E-state index in [1.165, 1.54) is 13.8 Å². The molecule has 0 aromatic heterocycles. The molecule has 0 aromatic rings. The van der Waals surface area contributed by atoms with Gasteiger partial charge in [-0.05, 0) is 6.92 Å². The minimum absolute atomic E-state index is 0.215. The van der Waals surface area contributed by atoms with Crippen molar-refractivity contribution in [2.45, 2.75) is 19.4 Å². The van der Waals surface area contributed by atoms with Crippen LogP contribution >= 0.6 is 7.60 Å². The van der Waals surface area contributed by atoms with Crippen LogP contribution in [-0.2, 0) is 23.1 Å². The van der Waals surface area contributed by atoms with E-state index in [0.29, 0.717) is 6.42 Å². The van der Waals surface area contributed by atoms with Crippen LogP contribution in [0.25, 0.3) is 0 Å². The first-order valence-electron chi connectivity index (χ1n) is 4.52.